The molecule has 3 heteroatoms. The molecule has 16 heavy (non-hydrogen) atoms. The normalized spacial score (nSPS) is 16.4. The minimum absolute atomic E-state index is 0.333. The molecule has 1 N–H and O–H groups in total. The molecule has 1 fully saturated rings. The molecule has 0 spiro atoms. The van der Waals surface area contributed by atoms with Crippen molar-refractivity contribution < 1.29 is 9.90 Å². The van der Waals surface area contributed by atoms with E-state index in [0.29, 0.717) is 6.42 Å². The van der Waals surface area contributed by atoms with Gasteiger partial charge in [0, 0.05) is 6.42 Å². The second-order valence-corrected chi connectivity index (χ2v) is 4.57. The fraction of sp³-hybridized carbons (Fsp3) is 0.923. The highest BCUT2D eigenvalue weighted by Crippen LogP contribution is 2.04. The second-order valence-electron chi connectivity index (χ2n) is 4.57. The Labute approximate surface area is 99.8 Å². The highest BCUT2D eigenvalue weighted by atomic mass is 16.4. The lowest BCUT2D eigenvalue weighted by Gasteiger charge is -2.20. The Kier molecular flexibility index (Phi) is 10.5. The van der Waals surface area contributed by atoms with E-state index in [1.54, 1.807) is 0 Å². The van der Waals surface area contributed by atoms with Gasteiger partial charge in [0.1, 0.15) is 0 Å². The minimum Gasteiger partial charge on any atom is -0.481 e. The first-order valence-corrected chi connectivity index (χ1v) is 6.57. The maximum absolute atomic E-state index is 9.96. The van der Waals surface area contributed by atoms with Gasteiger partial charge < -0.3 is 10.0 Å². The van der Waals surface area contributed by atoms with Gasteiger partial charge in [-0.15, -0.1) is 0 Å². The van der Waals surface area contributed by atoms with Crippen molar-refractivity contribution in [2.24, 2.45) is 0 Å². The van der Waals surface area contributed by atoms with Crippen molar-refractivity contribution in [1.29, 1.82) is 0 Å². The number of unbranched alkanes of at least 4 members (excludes halogenated alkanes) is 3. The van der Waals surface area contributed by atoms with Crippen LogP contribution in [0.1, 0.15) is 58.3 Å². The predicted octanol–water partition coefficient (Wildman–Crippen LogP) is 3.14. The number of carbonyl (C=O) groups is 1. The number of hydrogen-bond acceptors (Lipinski definition) is 2. The zero-order valence-corrected chi connectivity index (χ0v) is 10.9. The van der Waals surface area contributed by atoms with Crippen molar-refractivity contribution in [3.63, 3.8) is 0 Å². The molecule has 1 saturated heterocycles. The van der Waals surface area contributed by atoms with Crippen LogP contribution in [0.2, 0.25) is 0 Å². The average Bonchev–Trinajstić information content (AvgIpc) is 2.26. The molecule has 0 aromatic carbocycles. The molecular weight excluding hydrogens is 202 g/mol. The van der Waals surface area contributed by atoms with Crippen LogP contribution in [0.5, 0.6) is 0 Å². The van der Waals surface area contributed by atoms with Gasteiger partial charge in [-0.3, -0.25) is 4.79 Å². The highest BCUT2D eigenvalue weighted by molar-refractivity contribution is 5.66. The van der Waals surface area contributed by atoms with Crippen LogP contribution in [0.4, 0.5) is 0 Å². The molecule has 1 aliphatic heterocycles. The molecule has 96 valence electrons. The number of likely N-dealkylation sites (tertiary alicyclic amines) is 1. The maximum Gasteiger partial charge on any atom is 0.303 e. The summed E-state index contributed by atoms with van der Waals surface area (Å²) in [6, 6.07) is 0. The summed E-state index contributed by atoms with van der Waals surface area (Å²) >= 11 is 0. The molecule has 0 amide bonds. The minimum atomic E-state index is -0.675. The smallest absolute Gasteiger partial charge is 0.303 e. The Morgan fingerprint density at radius 3 is 2.12 bits per heavy atom. The summed E-state index contributed by atoms with van der Waals surface area (Å²) in [6.07, 6.45) is 8.83. The summed E-state index contributed by atoms with van der Waals surface area (Å²) in [4.78, 5) is 12.4. The van der Waals surface area contributed by atoms with Crippen LogP contribution < -0.4 is 0 Å². The van der Waals surface area contributed by atoms with Gasteiger partial charge in [0.15, 0.2) is 0 Å². The third-order valence-electron chi connectivity index (χ3n) is 2.82. The first-order chi connectivity index (χ1) is 7.66. The Morgan fingerprint density at radius 1 is 1.12 bits per heavy atom. The summed E-state index contributed by atoms with van der Waals surface area (Å²) in [5.41, 5.74) is 0. The first kappa shape index (κ1) is 15.4. The number of aliphatic carboxylic acids is 1. The highest BCUT2D eigenvalue weighted by Gasteiger charge is 2.02. The lowest BCUT2D eigenvalue weighted by molar-refractivity contribution is -0.137. The van der Waals surface area contributed by atoms with Crippen LogP contribution in [-0.4, -0.2) is 36.1 Å². The van der Waals surface area contributed by atoms with Gasteiger partial charge in [0.05, 0.1) is 0 Å². The van der Waals surface area contributed by atoms with Gasteiger partial charge in [-0.2, -0.15) is 0 Å². The van der Waals surface area contributed by atoms with Gasteiger partial charge >= 0.3 is 5.97 Å². The van der Waals surface area contributed by atoms with E-state index in [-0.39, 0.29) is 0 Å². The van der Waals surface area contributed by atoms with E-state index in [4.69, 9.17) is 5.11 Å². The van der Waals surface area contributed by atoms with Gasteiger partial charge in [0.25, 0.3) is 0 Å². The van der Waals surface area contributed by atoms with Crippen molar-refractivity contribution in [2.45, 2.75) is 58.3 Å². The summed E-state index contributed by atoms with van der Waals surface area (Å²) in [5.74, 6) is -0.675. The number of rotatable bonds is 5. The number of hydrogen-bond donors (Lipinski definition) is 1. The van der Waals surface area contributed by atoms with E-state index in [0.717, 1.165) is 19.3 Å². The first-order valence-electron chi connectivity index (χ1n) is 6.57. The van der Waals surface area contributed by atoms with E-state index < -0.39 is 5.97 Å². The number of nitrogens with zero attached hydrogens (tertiary/aromatic N) is 1. The zero-order chi connectivity index (χ0) is 12.2. The Morgan fingerprint density at radius 2 is 1.75 bits per heavy atom. The van der Waals surface area contributed by atoms with Crippen LogP contribution in [-0.2, 0) is 4.79 Å². The van der Waals surface area contributed by atoms with E-state index in [9.17, 15) is 4.79 Å². The summed E-state index contributed by atoms with van der Waals surface area (Å²) in [5, 5.41) is 8.21. The van der Waals surface area contributed by atoms with E-state index in [1.807, 2.05) is 0 Å². The molecule has 0 aromatic heterocycles. The number of carboxylic acid groups (broad SMARTS) is 1. The van der Waals surface area contributed by atoms with Gasteiger partial charge in [-0.1, -0.05) is 32.6 Å². The van der Waals surface area contributed by atoms with Crippen molar-refractivity contribution in [3.8, 4) is 0 Å². The van der Waals surface area contributed by atoms with E-state index >= 15 is 0 Å². The molecule has 0 bridgehead atoms. The van der Waals surface area contributed by atoms with E-state index in [2.05, 4.69) is 18.9 Å². The fourth-order valence-corrected chi connectivity index (χ4v) is 1.76. The largest absolute Gasteiger partial charge is 0.481 e. The summed E-state index contributed by atoms with van der Waals surface area (Å²) < 4.78 is 0. The molecule has 1 heterocycles. The fourth-order valence-electron chi connectivity index (χ4n) is 1.76. The standard InChI is InChI=1S/C7H14O2.C6H13N/c1-2-3-4-5-6-7(8)9;1-7-5-3-2-4-6-7/h2-6H2,1H3,(H,8,9);2-6H2,1H3. The maximum atomic E-state index is 9.96. The second kappa shape index (κ2) is 10.9. The van der Waals surface area contributed by atoms with Crippen LogP contribution >= 0.6 is 0 Å². The van der Waals surface area contributed by atoms with Crippen molar-refractivity contribution in [2.75, 3.05) is 20.1 Å². The van der Waals surface area contributed by atoms with Crippen LogP contribution in [0.15, 0.2) is 0 Å². The third-order valence-corrected chi connectivity index (χ3v) is 2.82. The molecule has 0 saturated carbocycles. The Balaban J connectivity index is 0.000000288. The molecule has 0 aromatic rings. The molecule has 1 rings (SSSR count). The molecule has 1 aliphatic rings. The van der Waals surface area contributed by atoms with Crippen molar-refractivity contribution in [3.05, 3.63) is 0 Å². The van der Waals surface area contributed by atoms with Crippen LogP contribution in [0.25, 0.3) is 0 Å². The van der Waals surface area contributed by atoms with Crippen molar-refractivity contribution >= 4 is 5.97 Å². The Hall–Kier alpha value is -0.570. The molecular formula is C13H27NO2. The van der Waals surface area contributed by atoms with Crippen LogP contribution in [0, 0.1) is 0 Å². The SMILES string of the molecule is CCCCCCC(=O)O.CN1CCCCC1. The van der Waals surface area contributed by atoms with E-state index in [1.165, 1.54) is 38.8 Å². The van der Waals surface area contributed by atoms with Crippen LogP contribution in [0.3, 0.4) is 0 Å². The molecule has 0 radical (unpaired) electrons. The molecule has 3 nitrogen and oxygen atoms in total. The molecule has 0 atom stereocenters. The third kappa shape index (κ3) is 11.5. The number of piperidine rings is 1. The topological polar surface area (TPSA) is 40.5 Å². The van der Waals surface area contributed by atoms with Gasteiger partial charge in [0.2, 0.25) is 0 Å². The summed E-state index contributed by atoms with van der Waals surface area (Å²) in [7, 11) is 2.19. The van der Waals surface area contributed by atoms with Gasteiger partial charge in [-0.25, -0.2) is 0 Å². The zero-order valence-electron chi connectivity index (χ0n) is 10.9. The predicted molar refractivity (Wildman–Crippen MR) is 67.7 cm³/mol. The lowest BCUT2D eigenvalue weighted by Crippen LogP contribution is -2.24. The van der Waals surface area contributed by atoms with Crippen molar-refractivity contribution in [1.82, 2.24) is 4.90 Å². The Bertz CT molecular complexity index is 165. The quantitative estimate of drug-likeness (QED) is 0.736. The summed E-state index contributed by atoms with van der Waals surface area (Å²) in [6.45, 7) is 4.75. The van der Waals surface area contributed by atoms with Gasteiger partial charge in [-0.05, 0) is 39.4 Å². The lowest BCUT2D eigenvalue weighted by atomic mass is 10.1. The molecule has 0 unspecified atom stereocenters. The monoisotopic (exact) mass is 229 g/mol. The average molecular weight is 229 g/mol. The molecule has 0 aliphatic carbocycles. The number of carboxylic acids is 1.